The van der Waals surface area contributed by atoms with Gasteiger partial charge < -0.3 is 14.6 Å². The summed E-state index contributed by atoms with van der Waals surface area (Å²) in [5.74, 6) is 0.544. The number of halogens is 1. The quantitative estimate of drug-likeness (QED) is 0.834. The highest BCUT2D eigenvalue weighted by molar-refractivity contribution is 6.30. The molecule has 0 heterocycles. The van der Waals surface area contributed by atoms with Crippen molar-refractivity contribution in [3.63, 3.8) is 0 Å². The lowest BCUT2D eigenvalue weighted by Gasteiger charge is -2.28. The molecule has 1 saturated carbocycles. The summed E-state index contributed by atoms with van der Waals surface area (Å²) in [6, 6.07) is 3.57. The summed E-state index contributed by atoms with van der Waals surface area (Å²) in [4.78, 5) is 10.6. The molecule has 20 heavy (non-hydrogen) atoms. The second kappa shape index (κ2) is 6.84. The molecule has 0 aromatic heterocycles. The van der Waals surface area contributed by atoms with Crippen LogP contribution >= 0.6 is 11.6 Å². The molecule has 5 heteroatoms. The third-order valence-electron chi connectivity index (χ3n) is 3.49. The number of aliphatic carboxylic acids is 1. The summed E-state index contributed by atoms with van der Waals surface area (Å²) in [6.07, 6.45) is 4.85. The van der Waals surface area contributed by atoms with Crippen LogP contribution in [0.25, 0.3) is 0 Å². The van der Waals surface area contributed by atoms with Gasteiger partial charge in [0.25, 0.3) is 0 Å². The predicted octanol–water partition coefficient (Wildman–Crippen LogP) is 3.69. The number of hydrogen-bond acceptors (Lipinski definition) is 3. The van der Waals surface area contributed by atoms with Crippen molar-refractivity contribution in [1.82, 2.24) is 0 Å². The number of carboxylic acid groups (broad SMARTS) is 1. The number of hydrogen-bond donors (Lipinski definition) is 1. The fourth-order valence-electron chi connectivity index (χ4n) is 2.18. The number of methoxy groups -OCH3 is 1. The van der Waals surface area contributed by atoms with Gasteiger partial charge in [-0.3, -0.25) is 4.79 Å². The summed E-state index contributed by atoms with van der Waals surface area (Å²) in [5.41, 5.74) is 0.919. The molecule has 0 radical (unpaired) electrons. The largest absolute Gasteiger partial charge is 0.493 e. The SMILES string of the molecule is COc1cc(Cl)cc(CCCC(=O)O)c1OC1CCC1. The Morgan fingerprint density at radius 2 is 2.20 bits per heavy atom. The Kier molecular flexibility index (Phi) is 5.12. The van der Waals surface area contributed by atoms with Crippen molar-refractivity contribution in [3.05, 3.63) is 22.7 Å². The van der Waals surface area contributed by atoms with Gasteiger partial charge in [0, 0.05) is 17.5 Å². The van der Waals surface area contributed by atoms with Gasteiger partial charge in [0.2, 0.25) is 0 Å². The van der Waals surface area contributed by atoms with Gasteiger partial charge in [-0.2, -0.15) is 0 Å². The average molecular weight is 299 g/mol. The summed E-state index contributed by atoms with van der Waals surface area (Å²) in [7, 11) is 1.58. The number of ether oxygens (including phenoxy) is 2. The zero-order chi connectivity index (χ0) is 14.5. The number of aryl methyl sites for hydroxylation is 1. The summed E-state index contributed by atoms with van der Waals surface area (Å²) >= 11 is 6.07. The van der Waals surface area contributed by atoms with Crippen LogP contribution < -0.4 is 9.47 Å². The van der Waals surface area contributed by atoms with Gasteiger partial charge in [0.15, 0.2) is 11.5 Å². The van der Waals surface area contributed by atoms with Crippen molar-refractivity contribution in [1.29, 1.82) is 0 Å². The Morgan fingerprint density at radius 3 is 2.75 bits per heavy atom. The van der Waals surface area contributed by atoms with Crippen molar-refractivity contribution in [2.24, 2.45) is 0 Å². The standard InChI is InChI=1S/C15H19ClO4/c1-19-13-9-11(16)8-10(4-2-7-14(17)18)15(13)20-12-5-3-6-12/h8-9,12H,2-7H2,1H3,(H,17,18). The van der Waals surface area contributed by atoms with Crippen LogP contribution in [0.4, 0.5) is 0 Å². The smallest absolute Gasteiger partial charge is 0.303 e. The van der Waals surface area contributed by atoms with Gasteiger partial charge >= 0.3 is 5.97 Å². The van der Waals surface area contributed by atoms with Crippen LogP contribution in [0.3, 0.4) is 0 Å². The zero-order valence-corrected chi connectivity index (χ0v) is 12.3. The summed E-state index contributed by atoms with van der Waals surface area (Å²) in [6.45, 7) is 0. The lowest BCUT2D eigenvalue weighted by atomic mass is 9.96. The van der Waals surface area contributed by atoms with E-state index >= 15 is 0 Å². The second-order valence-corrected chi connectivity index (χ2v) is 5.45. The molecular formula is C15H19ClO4. The van der Waals surface area contributed by atoms with Gasteiger partial charge in [-0.15, -0.1) is 0 Å². The van der Waals surface area contributed by atoms with Crippen molar-refractivity contribution in [3.8, 4) is 11.5 Å². The third-order valence-corrected chi connectivity index (χ3v) is 3.71. The van der Waals surface area contributed by atoms with Crippen molar-refractivity contribution < 1.29 is 19.4 Å². The van der Waals surface area contributed by atoms with E-state index in [0.29, 0.717) is 29.4 Å². The van der Waals surface area contributed by atoms with E-state index in [2.05, 4.69) is 0 Å². The minimum atomic E-state index is -0.791. The molecule has 1 fully saturated rings. The van der Waals surface area contributed by atoms with Crippen LogP contribution in [0.2, 0.25) is 5.02 Å². The molecule has 1 aliphatic carbocycles. The molecule has 0 bridgehead atoms. The maximum atomic E-state index is 10.6. The molecule has 110 valence electrons. The summed E-state index contributed by atoms with van der Waals surface area (Å²) < 4.78 is 11.3. The zero-order valence-electron chi connectivity index (χ0n) is 11.5. The van der Waals surface area contributed by atoms with E-state index in [0.717, 1.165) is 18.4 Å². The van der Waals surface area contributed by atoms with Crippen LogP contribution in [0, 0.1) is 0 Å². The van der Waals surface area contributed by atoms with Crippen molar-refractivity contribution in [2.75, 3.05) is 7.11 Å². The first-order chi connectivity index (χ1) is 9.60. The monoisotopic (exact) mass is 298 g/mol. The van der Waals surface area contributed by atoms with E-state index in [1.807, 2.05) is 6.07 Å². The molecule has 0 saturated heterocycles. The molecule has 1 aromatic carbocycles. The molecule has 0 spiro atoms. The average Bonchev–Trinajstić information content (AvgIpc) is 2.34. The maximum Gasteiger partial charge on any atom is 0.303 e. The molecule has 2 rings (SSSR count). The topological polar surface area (TPSA) is 55.8 Å². The van der Waals surface area contributed by atoms with E-state index in [4.69, 9.17) is 26.2 Å². The predicted molar refractivity (Wildman–Crippen MR) is 76.8 cm³/mol. The fraction of sp³-hybridized carbons (Fsp3) is 0.533. The third kappa shape index (κ3) is 3.79. The van der Waals surface area contributed by atoms with Crippen molar-refractivity contribution >= 4 is 17.6 Å². The molecular weight excluding hydrogens is 280 g/mol. The highest BCUT2D eigenvalue weighted by atomic mass is 35.5. The Hall–Kier alpha value is -1.42. The first-order valence-corrected chi connectivity index (χ1v) is 7.23. The summed E-state index contributed by atoms with van der Waals surface area (Å²) in [5, 5.41) is 9.30. The lowest BCUT2D eigenvalue weighted by molar-refractivity contribution is -0.137. The Morgan fingerprint density at radius 1 is 1.45 bits per heavy atom. The van der Waals surface area contributed by atoms with Crippen LogP contribution in [0.1, 0.15) is 37.7 Å². The molecule has 4 nitrogen and oxygen atoms in total. The van der Waals surface area contributed by atoms with Gasteiger partial charge in [-0.1, -0.05) is 11.6 Å². The molecule has 0 aliphatic heterocycles. The molecule has 1 N–H and O–H groups in total. The van der Waals surface area contributed by atoms with E-state index in [-0.39, 0.29) is 12.5 Å². The lowest BCUT2D eigenvalue weighted by Crippen LogP contribution is -2.25. The first kappa shape index (κ1) is 15.0. The number of carboxylic acids is 1. The first-order valence-electron chi connectivity index (χ1n) is 6.85. The second-order valence-electron chi connectivity index (χ2n) is 5.01. The minimum absolute atomic E-state index is 0.137. The van der Waals surface area contributed by atoms with Gasteiger partial charge in [0.1, 0.15) is 0 Å². The Balaban J connectivity index is 2.16. The highest BCUT2D eigenvalue weighted by Crippen LogP contribution is 2.38. The number of rotatable bonds is 7. The molecule has 0 amide bonds. The van der Waals surface area contributed by atoms with Crippen LogP contribution in [0.15, 0.2) is 12.1 Å². The molecule has 0 unspecified atom stereocenters. The minimum Gasteiger partial charge on any atom is -0.493 e. The van der Waals surface area contributed by atoms with E-state index in [1.165, 1.54) is 6.42 Å². The molecule has 1 aliphatic rings. The van der Waals surface area contributed by atoms with Crippen LogP contribution in [0.5, 0.6) is 11.5 Å². The molecule has 1 aromatic rings. The van der Waals surface area contributed by atoms with Gasteiger partial charge in [0.05, 0.1) is 13.2 Å². The van der Waals surface area contributed by atoms with Gasteiger partial charge in [-0.05, 0) is 43.7 Å². The van der Waals surface area contributed by atoms with Crippen LogP contribution in [-0.4, -0.2) is 24.3 Å². The van der Waals surface area contributed by atoms with E-state index in [1.54, 1.807) is 13.2 Å². The normalized spacial score (nSPS) is 14.7. The Bertz CT molecular complexity index is 483. The van der Waals surface area contributed by atoms with Crippen LogP contribution in [-0.2, 0) is 11.2 Å². The van der Waals surface area contributed by atoms with E-state index < -0.39 is 5.97 Å². The number of benzene rings is 1. The van der Waals surface area contributed by atoms with E-state index in [9.17, 15) is 4.79 Å². The Labute approximate surface area is 123 Å². The highest BCUT2D eigenvalue weighted by Gasteiger charge is 2.23. The maximum absolute atomic E-state index is 10.6. The molecule has 0 atom stereocenters. The fourth-order valence-corrected chi connectivity index (χ4v) is 2.41. The van der Waals surface area contributed by atoms with Crippen molar-refractivity contribution in [2.45, 2.75) is 44.6 Å². The number of carbonyl (C=O) groups is 1. The van der Waals surface area contributed by atoms with Gasteiger partial charge in [-0.25, -0.2) is 0 Å².